The van der Waals surface area contributed by atoms with Gasteiger partial charge in [0.1, 0.15) is 4.99 Å². The Morgan fingerprint density at radius 3 is 2.68 bits per heavy atom. The molecule has 1 aromatic carbocycles. The lowest BCUT2D eigenvalue weighted by molar-refractivity contribution is 0.00177. The van der Waals surface area contributed by atoms with Crippen molar-refractivity contribution in [3.8, 4) is 0 Å². The third kappa shape index (κ3) is 4.29. The van der Waals surface area contributed by atoms with Gasteiger partial charge in [-0.15, -0.1) is 0 Å². The van der Waals surface area contributed by atoms with Crippen molar-refractivity contribution < 1.29 is 4.74 Å². The highest BCUT2D eigenvalue weighted by Crippen LogP contribution is 2.28. The number of ether oxygens (including phenoxy) is 1. The van der Waals surface area contributed by atoms with Gasteiger partial charge in [-0.1, -0.05) is 62.7 Å². The van der Waals surface area contributed by atoms with Crippen LogP contribution in [0.25, 0.3) is 0 Å². The van der Waals surface area contributed by atoms with Gasteiger partial charge >= 0.3 is 0 Å². The Kier molecular flexibility index (Phi) is 5.34. The Labute approximate surface area is 121 Å². The molecule has 2 nitrogen and oxygen atoms in total. The summed E-state index contributed by atoms with van der Waals surface area (Å²) >= 11 is 4.95. The fourth-order valence-electron chi connectivity index (χ4n) is 2.74. The summed E-state index contributed by atoms with van der Waals surface area (Å²) < 4.78 is 6.04. The van der Waals surface area contributed by atoms with Gasteiger partial charge in [0.05, 0.1) is 12.7 Å². The molecular formula is C16H23NOS. The van der Waals surface area contributed by atoms with Crippen LogP contribution in [0.3, 0.4) is 0 Å². The first-order valence-electron chi connectivity index (χ1n) is 7.19. The van der Waals surface area contributed by atoms with Crippen LogP contribution >= 0.6 is 12.2 Å². The van der Waals surface area contributed by atoms with Gasteiger partial charge in [0.15, 0.2) is 0 Å². The molecule has 1 fully saturated rings. The third-order valence-corrected chi connectivity index (χ3v) is 4.27. The second-order valence-corrected chi connectivity index (χ2v) is 5.87. The van der Waals surface area contributed by atoms with E-state index in [1.54, 1.807) is 0 Å². The molecule has 0 spiro atoms. The van der Waals surface area contributed by atoms with Crippen molar-refractivity contribution in [2.75, 3.05) is 0 Å². The zero-order valence-corrected chi connectivity index (χ0v) is 12.4. The van der Waals surface area contributed by atoms with Crippen LogP contribution in [0.15, 0.2) is 24.3 Å². The van der Waals surface area contributed by atoms with E-state index in [0.29, 0.717) is 17.7 Å². The van der Waals surface area contributed by atoms with Crippen molar-refractivity contribution in [3.05, 3.63) is 35.4 Å². The van der Waals surface area contributed by atoms with Crippen molar-refractivity contribution in [2.24, 2.45) is 11.7 Å². The third-order valence-electron chi connectivity index (χ3n) is 4.04. The lowest BCUT2D eigenvalue weighted by atomic mass is 9.85. The highest BCUT2D eigenvalue weighted by Gasteiger charge is 2.21. The van der Waals surface area contributed by atoms with E-state index in [1.165, 1.54) is 37.7 Å². The summed E-state index contributed by atoms with van der Waals surface area (Å²) in [5.74, 6) is 0.857. The van der Waals surface area contributed by atoms with Crippen molar-refractivity contribution >= 4 is 17.2 Å². The van der Waals surface area contributed by atoms with Gasteiger partial charge in [0.2, 0.25) is 0 Å². The van der Waals surface area contributed by atoms with Gasteiger partial charge in [-0.3, -0.25) is 0 Å². The maximum absolute atomic E-state index is 6.04. The number of hydrogen-bond donors (Lipinski definition) is 1. The largest absolute Gasteiger partial charge is 0.389 e. The van der Waals surface area contributed by atoms with Crippen LogP contribution < -0.4 is 5.73 Å². The Bertz CT molecular complexity index is 415. The molecule has 0 bridgehead atoms. The summed E-state index contributed by atoms with van der Waals surface area (Å²) in [6.07, 6.45) is 6.84. The highest BCUT2D eigenvalue weighted by molar-refractivity contribution is 7.80. The van der Waals surface area contributed by atoms with E-state index in [0.717, 1.165) is 11.5 Å². The molecular weight excluding hydrogens is 254 g/mol. The molecule has 0 aromatic heterocycles. The first-order valence-corrected chi connectivity index (χ1v) is 7.60. The number of rotatable bonds is 5. The number of thiocarbonyl (C=S) groups is 1. The molecule has 2 rings (SSSR count). The maximum atomic E-state index is 6.04. The van der Waals surface area contributed by atoms with Gasteiger partial charge in [-0.2, -0.15) is 0 Å². The topological polar surface area (TPSA) is 35.2 Å². The normalized spacial score (nSPS) is 23.2. The van der Waals surface area contributed by atoms with Gasteiger partial charge < -0.3 is 10.5 Å². The lowest BCUT2D eigenvalue weighted by Crippen LogP contribution is -2.22. The monoisotopic (exact) mass is 277 g/mol. The minimum atomic E-state index is 0.439. The van der Waals surface area contributed by atoms with E-state index in [2.05, 4.69) is 19.1 Å². The molecule has 1 aliphatic rings. The Hall–Kier alpha value is -0.930. The molecule has 0 amide bonds. The first-order chi connectivity index (χ1) is 9.19. The predicted octanol–water partition coefficient (Wildman–Crippen LogP) is 3.81. The van der Waals surface area contributed by atoms with Crippen LogP contribution in [0.2, 0.25) is 0 Å². The molecule has 3 heteroatoms. The summed E-state index contributed by atoms with van der Waals surface area (Å²) in [4.78, 5) is 0.450. The Balaban J connectivity index is 1.83. The zero-order chi connectivity index (χ0) is 13.7. The van der Waals surface area contributed by atoms with Crippen LogP contribution in [0.1, 0.15) is 50.2 Å². The molecule has 1 aliphatic carbocycles. The van der Waals surface area contributed by atoms with E-state index in [4.69, 9.17) is 22.7 Å². The van der Waals surface area contributed by atoms with Crippen LogP contribution in [0.5, 0.6) is 0 Å². The van der Waals surface area contributed by atoms with Gasteiger partial charge in [-0.05, 0) is 24.3 Å². The summed E-state index contributed by atoms with van der Waals surface area (Å²) in [5, 5.41) is 0. The second-order valence-electron chi connectivity index (χ2n) is 5.44. The van der Waals surface area contributed by atoms with Gasteiger partial charge in [0.25, 0.3) is 0 Å². The fourth-order valence-corrected chi connectivity index (χ4v) is 2.88. The Morgan fingerprint density at radius 1 is 1.32 bits per heavy atom. The van der Waals surface area contributed by atoms with Crippen LogP contribution in [-0.2, 0) is 11.3 Å². The average molecular weight is 277 g/mol. The quantitative estimate of drug-likeness (QED) is 0.831. The van der Waals surface area contributed by atoms with Gasteiger partial charge in [-0.25, -0.2) is 0 Å². The zero-order valence-electron chi connectivity index (χ0n) is 11.6. The lowest BCUT2D eigenvalue weighted by Gasteiger charge is -2.28. The SMILES string of the molecule is CCC1CCCC(OCc2ccc(C(N)=S)cc2)C1. The van der Waals surface area contributed by atoms with Crippen LogP contribution in [-0.4, -0.2) is 11.1 Å². The molecule has 1 saturated carbocycles. The fraction of sp³-hybridized carbons (Fsp3) is 0.562. The van der Waals surface area contributed by atoms with Crippen molar-refractivity contribution in [1.29, 1.82) is 0 Å². The van der Waals surface area contributed by atoms with E-state index in [1.807, 2.05) is 12.1 Å². The standard InChI is InChI=1S/C16H23NOS/c1-2-12-4-3-5-15(10-12)18-11-13-6-8-14(9-7-13)16(17)19/h6-9,12,15H,2-5,10-11H2,1H3,(H2,17,19). The van der Waals surface area contributed by atoms with Crippen LogP contribution in [0.4, 0.5) is 0 Å². The molecule has 2 unspecified atom stereocenters. The average Bonchev–Trinajstić information content (AvgIpc) is 2.46. The molecule has 104 valence electrons. The van der Waals surface area contributed by atoms with Gasteiger partial charge in [0, 0.05) is 5.56 Å². The molecule has 0 aliphatic heterocycles. The second kappa shape index (κ2) is 7.01. The number of hydrogen-bond acceptors (Lipinski definition) is 2. The molecule has 0 saturated heterocycles. The van der Waals surface area contributed by atoms with E-state index < -0.39 is 0 Å². The van der Waals surface area contributed by atoms with E-state index in [9.17, 15) is 0 Å². The van der Waals surface area contributed by atoms with Crippen molar-refractivity contribution in [1.82, 2.24) is 0 Å². The molecule has 0 radical (unpaired) electrons. The van der Waals surface area contributed by atoms with E-state index >= 15 is 0 Å². The van der Waals surface area contributed by atoms with Crippen molar-refractivity contribution in [2.45, 2.75) is 51.7 Å². The molecule has 0 heterocycles. The van der Waals surface area contributed by atoms with Crippen molar-refractivity contribution in [3.63, 3.8) is 0 Å². The molecule has 2 N–H and O–H groups in total. The minimum Gasteiger partial charge on any atom is -0.389 e. The highest BCUT2D eigenvalue weighted by atomic mass is 32.1. The van der Waals surface area contributed by atoms with E-state index in [-0.39, 0.29) is 0 Å². The Morgan fingerprint density at radius 2 is 2.05 bits per heavy atom. The minimum absolute atomic E-state index is 0.439. The molecule has 2 atom stereocenters. The first kappa shape index (κ1) is 14.5. The van der Waals surface area contributed by atoms with Crippen LogP contribution in [0, 0.1) is 5.92 Å². The summed E-state index contributed by atoms with van der Waals surface area (Å²) in [7, 11) is 0. The number of nitrogens with two attached hydrogens (primary N) is 1. The summed E-state index contributed by atoms with van der Waals surface area (Å²) in [6, 6.07) is 8.04. The maximum Gasteiger partial charge on any atom is 0.103 e. The molecule has 1 aromatic rings. The smallest absolute Gasteiger partial charge is 0.103 e. The summed E-state index contributed by atoms with van der Waals surface area (Å²) in [5.41, 5.74) is 7.70. The predicted molar refractivity (Wildman–Crippen MR) is 83.2 cm³/mol. The number of benzene rings is 1. The summed E-state index contributed by atoms with van der Waals surface area (Å²) in [6.45, 7) is 2.97. The molecule has 19 heavy (non-hydrogen) atoms.